The molecule has 5 heterocycles. The Labute approximate surface area is 347 Å². The summed E-state index contributed by atoms with van der Waals surface area (Å²) in [4.78, 5) is 3.10. The van der Waals surface area contributed by atoms with Gasteiger partial charge in [-0.25, -0.2) is 0 Å². The fourth-order valence-electron chi connectivity index (χ4n) is 12.3. The van der Waals surface area contributed by atoms with Gasteiger partial charge in [-0.1, -0.05) is 122 Å². The third kappa shape index (κ3) is 5.51. The van der Waals surface area contributed by atoms with Gasteiger partial charge in [0.2, 0.25) is 5.69 Å². The van der Waals surface area contributed by atoms with Crippen LogP contribution in [0.2, 0.25) is 0 Å². The standard InChI is InChI=1S/C52H64N2S2/c1-11-52(33(6)7)48(39-21-16-15-20-38(39)44-29-43(32(4)5)46(55-10)30-53(44)52)49-42-25-24-41-40-23-17-22-37(35-18-13-12-14-19-35)50(40)56-51(41)47(42)45-28-36(34(8)31(2)3)26-27-54(45,49)9/h12-18,20-21,23-35,37,41,45,48-49,51H,11,19,22H2,1-10H3/q+2. The summed E-state index contributed by atoms with van der Waals surface area (Å²) >= 11 is 4.18. The molecule has 0 fully saturated rings. The van der Waals surface area contributed by atoms with Gasteiger partial charge in [-0.2, -0.15) is 4.57 Å². The highest BCUT2D eigenvalue weighted by Gasteiger charge is 2.67. The summed E-state index contributed by atoms with van der Waals surface area (Å²) in [7, 11) is 2.61. The quantitative estimate of drug-likeness (QED) is 0.149. The first-order chi connectivity index (χ1) is 27.0. The Bertz CT molecular complexity index is 2190. The topological polar surface area (TPSA) is 3.88 Å². The molecule has 0 radical (unpaired) electrons. The van der Waals surface area contributed by atoms with E-state index in [1.807, 2.05) is 11.8 Å². The van der Waals surface area contributed by atoms with Gasteiger partial charge in [-0.05, 0) is 88.2 Å². The number of pyridine rings is 1. The maximum atomic E-state index is 2.80. The predicted molar refractivity (Wildman–Crippen MR) is 240 cm³/mol. The number of fused-ring (bicyclic) bond motifs is 8. The zero-order valence-corrected chi connectivity index (χ0v) is 37.1. The van der Waals surface area contributed by atoms with Crippen molar-refractivity contribution in [1.82, 2.24) is 0 Å². The lowest BCUT2D eigenvalue weighted by molar-refractivity contribution is -0.896. The number of aromatic nitrogens is 1. The Balaban J connectivity index is 1.26. The van der Waals surface area contributed by atoms with Gasteiger partial charge in [0.15, 0.2) is 11.7 Å². The lowest BCUT2D eigenvalue weighted by Gasteiger charge is -2.50. The zero-order valence-electron chi connectivity index (χ0n) is 35.5. The summed E-state index contributed by atoms with van der Waals surface area (Å²) < 4.78 is 3.72. The molecule has 3 aliphatic carbocycles. The van der Waals surface area contributed by atoms with Crippen LogP contribution < -0.4 is 4.57 Å². The second-order valence-corrected chi connectivity index (χ2v) is 21.0. The molecule has 2 aromatic rings. The summed E-state index contributed by atoms with van der Waals surface area (Å²) in [6.45, 7) is 19.5. The third-order valence-corrected chi connectivity index (χ3v) is 17.9. The molecule has 0 saturated heterocycles. The molecule has 9 rings (SSSR count). The van der Waals surface area contributed by atoms with E-state index in [-0.39, 0.29) is 17.5 Å². The van der Waals surface area contributed by atoms with Gasteiger partial charge >= 0.3 is 0 Å². The molecule has 0 spiro atoms. The van der Waals surface area contributed by atoms with E-state index in [2.05, 4.69) is 189 Å². The van der Waals surface area contributed by atoms with Gasteiger partial charge in [-0.3, -0.25) is 4.48 Å². The van der Waals surface area contributed by atoms with Crippen LogP contribution in [0, 0.1) is 35.5 Å². The Morgan fingerprint density at radius 3 is 2.45 bits per heavy atom. The first kappa shape index (κ1) is 38.5. The summed E-state index contributed by atoms with van der Waals surface area (Å²) in [5.41, 5.74) is 12.2. The van der Waals surface area contributed by atoms with Crippen LogP contribution in [0.25, 0.3) is 11.3 Å². The van der Waals surface area contributed by atoms with Crippen molar-refractivity contribution < 1.29 is 9.05 Å². The number of rotatable bonds is 8. The van der Waals surface area contributed by atoms with Crippen molar-refractivity contribution in [2.24, 2.45) is 35.5 Å². The van der Waals surface area contributed by atoms with E-state index >= 15 is 0 Å². The van der Waals surface area contributed by atoms with Crippen molar-refractivity contribution in [2.45, 2.75) is 114 Å². The van der Waals surface area contributed by atoms with Gasteiger partial charge in [0, 0.05) is 46.6 Å². The number of hydrogen-bond acceptors (Lipinski definition) is 2. The summed E-state index contributed by atoms with van der Waals surface area (Å²) in [6, 6.07) is 12.7. The van der Waals surface area contributed by atoms with E-state index < -0.39 is 0 Å². The van der Waals surface area contributed by atoms with Crippen LogP contribution in [-0.2, 0) is 5.54 Å². The Morgan fingerprint density at radius 1 is 0.946 bits per heavy atom. The van der Waals surface area contributed by atoms with E-state index in [0.717, 1.165) is 23.7 Å². The predicted octanol–water partition coefficient (Wildman–Crippen LogP) is 12.8. The van der Waals surface area contributed by atoms with Gasteiger partial charge < -0.3 is 0 Å². The molecule has 1 aromatic heterocycles. The number of hydrogen-bond donors (Lipinski definition) is 0. The first-order valence-corrected chi connectivity index (χ1v) is 23.9. The van der Waals surface area contributed by atoms with Gasteiger partial charge in [0.1, 0.15) is 18.0 Å². The highest BCUT2D eigenvalue weighted by molar-refractivity contribution is 8.04. The number of quaternary nitrogens is 1. The monoisotopic (exact) mass is 780 g/mol. The number of thioether (sulfide) groups is 2. The van der Waals surface area contributed by atoms with Crippen molar-refractivity contribution in [3.63, 3.8) is 0 Å². The highest BCUT2D eigenvalue weighted by atomic mass is 32.2. The number of nitrogens with zero attached hydrogens (tertiary/aromatic N) is 2. The van der Waals surface area contributed by atoms with E-state index in [0.29, 0.717) is 52.7 Å². The van der Waals surface area contributed by atoms with Crippen LogP contribution in [0.3, 0.4) is 0 Å². The normalized spacial score (nSPS) is 34.2. The molecule has 0 bridgehead atoms. The molecule has 7 aliphatic rings. The first-order valence-electron chi connectivity index (χ1n) is 21.8. The second kappa shape index (κ2) is 14.3. The fourth-order valence-corrected chi connectivity index (χ4v) is 14.8. The van der Waals surface area contributed by atoms with Crippen molar-refractivity contribution in [3.8, 4) is 11.3 Å². The second-order valence-electron chi connectivity index (χ2n) is 19.0. The minimum atomic E-state index is -0.120. The molecular weight excluding hydrogens is 717 g/mol. The van der Waals surface area contributed by atoms with Crippen molar-refractivity contribution in [2.75, 3.05) is 13.3 Å². The number of benzene rings is 1. The average molecular weight is 781 g/mol. The molecule has 10 atom stereocenters. The summed E-state index contributed by atoms with van der Waals surface area (Å²) in [6.07, 6.45) is 35.9. The van der Waals surface area contributed by atoms with Gasteiger partial charge in [0.05, 0.1) is 23.7 Å². The lowest BCUT2D eigenvalue weighted by atomic mass is 9.62. The Hall–Kier alpha value is -3.05. The maximum Gasteiger partial charge on any atom is 0.213 e. The maximum absolute atomic E-state index is 2.80. The Kier molecular flexibility index (Phi) is 9.86. The van der Waals surface area contributed by atoms with E-state index in [1.165, 1.54) is 32.9 Å². The van der Waals surface area contributed by atoms with Crippen LogP contribution in [0.1, 0.15) is 97.6 Å². The largest absolute Gasteiger partial charge is 0.284 e. The number of likely N-dealkylation sites (N-methyl/N-ethyl adjacent to an activating group) is 1. The molecule has 4 aliphatic heterocycles. The SMILES string of the molecule is CCC1(C(C)C)C(C2C3=C(C4SC5=C(C=CCC5C5C=CC=CC5)C4C=C3)C3C=C(C(C)C(C)C)C=C[N+]32C)c2ccccc2-c2cc(C(C)C)c(SC)c[n+]21. The molecule has 0 amide bonds. The summed E-state index contributed by atoms with van der Waals surface area (Å²) in [5.74, 6) is 3.88. The van der Waals surface area contributed by atoms with Gasteiger partial charge in [0.25, 0.3) is 0 Å². The minimum absolute atomic E-state index is 0.120. The van der Waals surface area contributed by atoms with Crippen molar-refractivity contribution >= 4 is 23.5 Å². The molecule has 0 N–H and O–H groups in total. The molecular formula is C52H64N2S2+2. The molecule has 1 aromatic carbocycles. The molecule has 56 heavy (non-hydrogen) atoms. The van der Waals surface area contributed by atoms with Crippen LogP contribution in [-0.4, -0.2) is 35.1 Å². The molecule has 4 heteroatoms. The molecule has 2 nitrogen and oxygen atoms in total. The van der Waals surface area contributed by atoms with E-state index in [1.54, 1.807) is 21.6 Å². The zero-order chi connectivity index (χ0) is 39.3. The van der Waals surface area contributed by atoms with Crippen molar-refractivity contribution in [3.05, 3.63) is 142 Å². The smallest absolute Gasteiger partial charge is 0.213 e. The van der Waals surface area contributed by atoms with E-state index in [4.69, 9.17) is 0 Å². The fraction of sp³-hybridized carbons (Fsp3) is 0.481. The summed E-state index contributed by atoms with van der Waals surface area (Å²) in [5, 5.41) is 0.435. The number of allylic oxidation sites excluding steroid dienone is 11. The van der Waals surface area contributed by atoms with E-state index in [9.17, 15) is 0 Å². The lowest BCUT2D eigenvalue weighted by Crippen LogP contribution is -2.70. The average Bonchev–Trinajstić information content (AvgIpc) is 3.71. The third-order valence-electron chi connectivity index (χ3n) is 15.6. The van der Waals surface area contributed by atoms with Gasteiger partial charge in [-0.15, -0.1) is 23.5 Å². The van der Waals surface area contributed by atoms with Crippen LogP contribution in [0.4, 0.5) is 0 Å². The van der Waals surface area contributed by atoms with Crippen molar-refractivity contribution in [1.29, 1.82) is 0 Å². The molecule has 10 unspecified atom stereocenters. The van der Waals surface area contributed by atoms with Crippen LogP contribution in [0.15, 0.2) is 136 Å². The molecule has 292 valence electrons. The minimum Gasteiger partial charge on any atom is -0.284 e. The van der Waals surface area contributed by atoms with Crippen LogP contribution in [0.5, 0.6) is 0 Å². The molecule has 0 saturated carbocycles. The van der Waals surface area contributed by atoms with Crippen LogP contribution >= 0.6 is 23.5 Å². The highest BCUT2D eigenvalue weighted by Crippen LogP contribution is 2.63. The Morgan fingerprint density at radius 2 is 1.75 bits per heavy atom.